The first-order valence-corrected chi connectivity index (χ1v) is 19.9. The van der Waals surface area contributed by atoms with E-state index in [0.717, 1.165) is 44.5 Å². The number of nitrogens with zero attached hydrogens (tertiary/aromatic N) is 4. The van der Waals surface area contributed by atoms with E-state index in [1.54, 1.807) is 0 Å². The molecule has 0 spiro atoms. The van der Waals surface area contributed by atoms with E-state index in [9.17, 15) is 0 Å². The minimum absolute atomic E-state index is 0.157. The Bertz CT molecular complexity index is 3180. The standard InChI is InChI=1S/C54H38N4/c1-54(2)44-28-14-12-24-40(44)49-43(27-16-29-45(49)54)53-56-51(37-22-10-5-11-23-37)55-52(57-53)42-33-32-38(35-18-6-3-7-19-35)34-48(42)58-46-30-15-13-25-41(46)50-39(26-17-31-47(50)58)36-20-8-4-9-21-36/h3-34H,1-2H3. The van der Waals surface area contributed by atoms with Crippen LogP contribution >= 0.6 is 0 Å². The third-order valence-electron chi connectivity index (χ3n) is 11.9. The van der Waals surface area contributed by atoms with Crippen molar-refractivity contribution in [2.45, 2.75) is 19.3 Å². The van der Waals surface area contributed by atoms with E-state index >= 15 is 0 Å². The Kier molecular flexibility index (Phi) is 7.80. The van der Waals surface area contributed by atoms with Gasteiger partial charge in [0.25, 0.3) is 0 Å². The summed E-state index contributed by atoms with van der Waals surface area (Å²) in [5.41, 5.74) is 15.6. The lowest BCUT2D eigenvalue weighted by Gasteiger charge is -2.21. The Morgan fingerprint density at radius 2 is 0.931 bits per heavy atom. The van der Waals surface area contributed by atoms with Crippen molar-refractivity contribution >= 4 is 21.8 Å². The SMILES string of the molecule is CC1(C)c2ccccc2-c2c(-c3nc(-c4ccccc4)nc(-c4ccc(-c5ccccc5)cc4-n4c5ccccc5c5c(-c6ccccc6)cccc54)n3)cccc21. The van der Waals surface area contributed by atoms with Crippen LogP contribution in [0.15, 0.2) is 194 Å². The molecule has 4 nitrogen and oxygen atoms in total. The molecule has 4 heteroatoms. The molecule has 11 rings (SSSR count). The maximum Gasteiger partial charge on any atom is 0.166 e. The normalized spacial score (nSPS) is 12.8. The molecule has 0 bridgehead atoms. The molecule has 0 fully saturated rings. The molecular formula is C54H38N4. The van der Waals surface area contributed by atoms with E-state index in [0.29, 0.717) is 17.5 Å². The highest BCUT2D eigenvalue weighted by Gasteiger charge is 2.37. The van der Waals surface area contributed by atoms with Crippen molar-refractivity contribution in [3.05, 3.63) is 205 Å². The van der Waals surface area contributed by atoms with Gasteiger partial charge in [0, 0.05) is 32.9 Å². The summed E-state index contributed by atoms with van der Waals surface area (Å²) in [4.78, 5) is 16.1. The Balaban J connectivity index is 1.22. The number of para-hydroxylation sites is 1. The molecular weight excluding hydrogens is 705 g/mol. The second kappa shape index (κ2) is 13.4. The van der Waals surface area contributed by atoms with E-state index < -0.39 is 0 Å². The fraction of sp³-hybridized carbons (Fsp3) is 0.0556. The van der Waals surface area contributed by atoms with Crippen LogP contribution in [0.5, 0.6) is 0 Å². The quantitative estimate of drug-likeness (QED) is 0.170. The lowest BCUT2D eigenvalue weighted by atomic mass is 9.82. The first kappa shape index (κ1) is 33.9. The smallest absolute Gasteiger partial charge is 0.166 e. The summed E-state index contributed by atoms with van der Waals surface area (Å²) in [7, 11) is 0. The molecule has 10 aromatic rings. The van der Waals surface area contributed by atoms with Gasteiger partial charge in [0.2, 0.25) is 0 Å². The molecule has 0 saturated heterocycles. The summed E-state index contributed by atoms with van der Waals surface area (Å²) in [6.45, 7) is 4.62. The highest BCUT2D eigenvalue weighted by atomic mass is 15.1. The van der Waals surface area contributed by atoms with Gasteiger partial charge in [0.15, 0.2) is 17.5 Å². The fourth-order valence-corrected chi connectivity index (χ4v) is 9.13. The van der Waals surface area contributed by atoms with Crippen molar-refractivity contribution < 1.29 is 0 Å². The average molecular weight is 743 g/mol. The van der Waals surface area contributed by atoms with Gasteiger partial charge in [-0.3, -0.25) is 0 Å². The summed E-state index contributed by atoms with van der Waals surface area (Å²) in [6.07, 6.45) is 0. The summed E-state index contributed by atoms with van der Waals surface area (Å²) in [5.74, 6) is 1.90. The van der Waals surface area contributed by atoms with Gasteiger partial charge in [-0.15, -0.1) is 0 Å². The topological polar surface area (TPSA) is 43.6 Å². The number of benzene rings is 8. The van der Waals surface area contributed by atoms with Crippen molar-refractivity contribution in [1.82, 2.24) is 19.5 Å². The van der Waals surface area contributed by atoms with Gasteiger partial charge in [-0.1, -0.05) is 184 Å². The molecule has 274 valence electrons. The molecule has 0 aliphatic heterocycles. The third kappa shape index (κ3) is 5.33. The lowest BCUT2D eigenvalue weighted by molar-refractivity contribution is 0.660. The van der Waals surface area contributed by atoms with Gasteiger partial charge in [0.1, 0.15) is 0 Å². The molecule has 1 aliphatic carbocycles. The maximum atomic E-state index is 5.46. The highest BCUT2D eigenvalue weighted by molar-refractivity contribution is 6.16. The van der Waals surface area contributed by atoms with Crippen molar-refractivity contribution in [2.24, 2.45) is 0 Å². The molecule has 0 radical (unpaired) electrons. The maximum absolute atomic E-state index is 5.46. The minimum atomic E-state index is -0.157. The zero-order valence-corrected chi connectivity index (χ0v) is 32.3. The van der Waals surface area contributed by atoms with Gasteiger partial charge < -0.3 is 4.57 Å². The van der Waals surface area contributed by atoms with E-state index in [4.69, 9.17) is 15.0 Å². The van der Waals surface area contributed by atoms with Gasteiger partial charge in [-0.05, 0) is 68.8 Å². The predicted molar refractivity (Wildman–Crippen MR) is 239 cm³/mol. The molecule has 0 N–H and O–H groups in total. The van der Waals surface area contributed by atoms with Crippen molar-refractivity contribution in [3.8, 4) is 73.2 Å². The zero-order chi connectivity index (χ0) is 38.8. The van der Waals surface area contributed by atoms with Crippen LogP contribution in [0.25, 0.3) is 95.0 Å². The molecule has 2 heterocycles. The second-order valence-electron chi connectivity index (χ2n) is 15.6. The first-order chi connectivity index (χ1) is 28.5. The van der Waals surface area contributed by atoms with Crippen LogP contribution < -0.4 is 0 Å². The molecule has 0 atom stereocenters. The van der Waals surface area contributed by atoms with Crippen LogP contribution in [0.1, 0.15) is 25.0 Å². The van der Waals surface area contributed by atoms with E-state index in [-0.39, 0.29) is 5.41 Å². The van der Waals surface area contributed by atoms with E-state index in [1.165, 1.54) is 44.2 Å². The van der Waals surface area contributed by atoms with Gasteiger partial charge in [0.05, 0.1) is 16.7 Å². The number of hydrogen-bond donors (Lipinski definition) is 0. The monoisotopic (exact) mass is 742 g/mol. The first-order valence-electron chi connectivity index (χ1n) is 19.9. The van der Waals surface area contributed by atoms with Crippen LogP contribution in [-0.4, -0.2) is 19.5 Å². The summed E-state index contributed by atoms with van der Waals surface area (Å²) >= 11 is 0. The van der Waals surface area contributed by atoms with Crippen LogP contribution in [0.3, 0.4) is 0 Å². The summed E-state index contributed by atoms with van der Waals surface area (Å²) in [6, 6.07) is 68.9. The highest BCUT2D eigenvalue weighted by Crippen LogP contribution is 2.52. The molecule has 0 saturated carbocycles. The fourth-order valence-electron chi connectivity index (χ4n) is 9.13. The molecule has 0 amide bonds. The van der Waals surface area contributed by atoms with E-state index in [2.05, 4.69) is 194 Å². The Hall–Kier alpha value is -7.43. The van der Waals surface area contributed by atoms with Gasteiger partial charge in [-0.25, -0.2) is 15.0 Å². The number of hydrogen-bond acceptors (Lipinski definition) is 3. The number of fused-ring (bicyclic) bond motifs is 6. The minimum Gasteiger partial charge on any atom is -0.308 e. The average Bonchev–Trinajstić information content (AvgIpc) is 3.75. The van der Waals surface area contributed by atoms with Gasteiger partial charge >= 0.3 is 0 Å². The largest absolute Gasteiger partial charge is 0.308 e. The Labute approximate surface area is 337 Å². The third-order valence-corrected chi connectivity index (χ3v) is 11.9. The number of aromatic nitrogens is 4. The van der Waals surface area contributed by atoms with Crippen molar-refractivity contribution in [3.63, 3.8) is 0 Å². The second-order valence-corrected chi connectivity index (χ2v) is 15.6. The van der Waals surface area contributed by atoms with Crippen LogP contribution in [0.2, 0.25) is 0 Å². The van der Waals surface area contributed by atoms with Crippen LogP contribution in [0, 0.1) is 0 Å². The van der Waals surface area contributed by atoms with Gasteiger partial charge in [-0.2, -0.15) is 0 Å². The molecule has 0 unspecified atom stereocenters. The Morgan fingerprint density at radius 3 is 1.71 bits per heavy atom. The molecule has 58 heavy (non-hydrogen) atoms. The molecule has 8 aromatic carbocycles. The summed E-state index contributed by atoms with van der Waals surface area (Å²) < 4.78 is 2.41. The van der Waals surface area contributed by atoms with Crippen molar-refractivity contribution in [1.29, 1.82) is 0 Å². The molecule has 2 aromatic heterocycles. The van der Waals surface area contributed by atoms with Crippen LogP contribution in [0.4, 0.5) is 0 Å². The van der Waals surface area contributed by atoms with E-state index in [1.807, 2.05) is 18.2 Å². The Morgan fingerprint density at radius 1 is 0.379 bits per heavy atom. The zero-order valence-electron chi connectivity index (χ0n) is 32.3. The van der Waals surface area contributed by atoms with Crippen LogP contribution in [-0.2, 0) is 5.41 Å². The predicted octanol–water partition coefficient (Wildman–Crippen LogP) is 13.6. The molecule has 1 aliphatic rings. The van der Waals surface area contributed by atoms with Crippen molar-refractivity contribution in [2.75, 3.05) is 0 Å². The summed E-state index contributed by atoms with van der Waals surface area (Å²) in [5, 5.41) is 2.40. The number of rotatable bonds is 6. The lowest BCUT2D eigenvalue weighted by Crippen LogP contribution is -2.14.